The summed E-state index contributed by atoms with van der Waals surface area (Å²) in [5.74, 6) is 0.659. The third-order valence-electron chi connectivity index (χ3n) is 7.58. The minimum Gasteiger partial charge on any atom is -0.378 e. The molecular formula is C27H35N3O. The van der Waals surface area contributed by atoms with Crippen molar-refractivity contribution in [3.05, 3.63) is 64.2 Å². The number of benzene rings is 2. The number of nitrogens with zero attached hydrogens (tertiary/aromatic N) is 1. The van der Waals surface area contributed by atoms with E-state index in [0.717, 1.165) is 38.6 Å². The molecule has 0 radical (unpaired) electrons. The number of anilines is 1. The molecule has 1 heterocycles. The number of nitrogens with one attached hydrogen (secondary N) is 2. The molecule has 0 saturated carbocycles. The highest BCUT2D eigenvalue weighted by atomic mass is 16.2. The number of amides is 1. The van der Waals surface area contributed by atoms with Crippen LogP contribution in [-0.4, -0.2) is 38.6 Å². The van der Waals surface area contributed by atoms with Crippen LogP contribution in [-0.2, 0) is 24.1 Å². The van der Waals surface area contributed by atoms with E-state index in [1.807, 2.05) is 0 Å². The average Bonchev–Trinajstić information content (AvgIpc) is 3.33. The summed E-state index contributed by atoms with van der Waals surface area (Å²) in [7, 11) is 4.24. The maximum absolute atomic E-state index is 12.7. The first-order chi connectivity index (χ1) is 15.1. The van der Waals surface area contributed by atoms with Crippen molar-refractivity contribution >= 4 is 11.6 Å². The van der Waals surface area contributed by atoms with Crippen LogP contribution in [0.3, 0.4) is 0 Å². The topological polar surface area (TPSA) is 44.4 Å². The van der Waals surface area contributed by atoms with E-state index in [1.165, 1.54) is 52.8 Å². The second kappa shape index (κ2) is 8.66. The van der Waals surface area contributed by atoms with Gasteiger partial charge in [-0.05, 0) is 97.9 Å². The monoisotopic (exact) mass is 417 g/mol. The Hall–Kier alpha value is -2.33. The SMILES string of the molecule is CN(C)c1ccc2c(c1)[C@H](c1cccc3c1C[C@H](NC(=O)[C@@H]1CCCN1)CC3)CCC2. The Bertz CT molecular complexity index is 961. The number of carbonyl (C=O) groups is 1. The maximum Gasteiger partial charge on any atom is 0.237 e. The molecule has 1 amide bonds. The quantitative estimate of drug-likeness (QED) is 0.792. The lowest BCUT2D eigenvalue weighted by molar-refractivity contribution is -0.123. The van der Waals surface area contributed by atoms with Gasteiger partial charge in [-0.1, -0.05) is 24.3 Å². The zero-order chi connectivity index (χ0) is 21.4. The van der Waals surface area contributed by atoms with Crippen LogP contribution in [0, 0.1) is 0 Å². The summed E-state index contributed by atoms with van der Waals surface area (Å²) < 4.78 is 0. The van der Waals surface area contributed by atoms with Gasteiger partial charge in [-0.15, -0.1) is 0 Å². The molecule has 0 spiro atoms. The van der Waals surface area contributed by atoms with Gasteiger partial charge in [-0.2, -0.15) is 0 Å². The normalized spacial score (nSPS) is 24.9. The van der Waals surface area contributed by atoms with Crippen molar-refractivity contribution in [2.45, 2.75) is 69.4 Å². The molecule has 1 aliphatic heterocycles. The third kappa shape index (κ3) is 4.10. The summed E-state index contributed by atoms with van der Waals surface area (Å²) >= 11 is 0. The van der Waals surface area contributed by atoms with Gasteiger partial charge in [0.15, 0.2) is 0 Å². The number of aryl methyl sites for hydroxylation is 2. The molecule has 0 bridgehead atoms. The maximum atomic E-state index is 12.7. The molecule has 2 N–H and O–H groups in total. The lowest BCUT2D eigenvalue weighted by atomic mass is 9.74. The van der Waals surface area contributed by atoms with Crippen LogP contribution < -0.4 is 15.5 Å². The van der Waals surface area contributed by atoms with Gasteiger partial charge in [0.25, 0.3) is 0 Å². The molecule has 1 fully saturated rings. The minimum absolute atomic E-state index is 0.00585. The van der Waals surface area contributed by atoms with E-state index in [1.54, 1.807) is 0 Å². The van der Waals surface area contributed by atoms with Gasteiger partial charge in [0.1, 0.15) is 0 Å². The van der Waals surface area contributed by atoms with E-state index >= 15 is 0 Å². The summed E-state index contributed by atoms with van der Waals surface area (Å²) in [5, 5.41) is 6.70. The van der Waals surface area contributed by atoms with Crippen molar-refractivity contribution in [2.24, 2.45) is 0 Å². The van der Waals surface area contributed by atoms with Crippen LogP contribution in [0.1, 0.15) is 65.8 Å². The number of hydrogen-bond donors (Lipinski definition) is 2. The van der Waals surface area contributed by atoms with E-state index in [9.17, 15) is 4.79 Å². The molecule has 0 unspecified atom stereocenters. The standard InChI is InChI=1S/C27H35N3O/c1-30(2)21-14-12-19-7-4-9-23(25(19)17-21)22-8-3-6-18-11-13-20(16-24(18)22)29-27(31)26-10-5-15-28-26/h3,6,8,12,14,17,20,23,26,28H,4-5,7,9-11,13,15-16H2,1-2H3,(H,29,31)/t20-,23+,26+/m1/s1. The molecule has 3 atom stereocenters. The van der Waals surface area contributed by atoms with E-state index in [-0.39, 0.29) is 18.0 Å². The number of hydrogen-bond acceptors (Lipinski definition) is 3. The lowest BCUT2D eigenvalue weighted by Crippen LogP contribution is -2.47. The Morgan fingerprint density at radius 2 is 1.90 bits per heavy atom. The summed E-state index contributed by atoms with van der Waals surface area (Å²) in [4.78, 5) is 14.9. The van der Waals surface area contributed by atoms with Gasteiger partial charge < -0.3 is 15.5 Å². The highest BCUT2D eigenvalue weighted by Gasteiger charge is 2.30. The van der Waals surface area contributed by atoms with E-state index in [0.29, 0.717) is 5.92 Å². The van der Waals surface area contributed by atoms with Crippen LogP contribution in [0.15, 0.2) is 36.4 Å². The molecule has 1 saturated heterocycles. The Labute approximate surface area is 186 Å². The zero-order valence-corrected chi connectivity index (χ0v) is 18.9. The number of rotatable bonds is 4. The van der Waals surface area contributed by atoms with Crippen molar-refractivity contribution in [1.29, 1.82) is 0 Å². The molecule has 5 rings (SSSR count). The van der Waals surface area contributed by atoms with Crippen LogP contribution in [0.2, 0.25) is 0 Å². The van der Waals surface area contributed by atoms with Crippen molar-refractivity contribution in [1.82, 2.24) is 10.6 Å². The summed E-state index contributed by atoms with van der Waals surface area (Å²) in [6, 6.07) is 14.2. The molecule has 4 nitrogen and oxygen atoms in total. The highest BCUT2D eigenvalue weighted by Crippen LogP contribution is 2.41. The van der Waals surface area contributed by atoms with E-state index < -0.39 is 0 Å². The molecule has 2 aromatic carbocycles. The molecule has 164 valence electrons. The molecule has 31 heavy (non-hydrogen) atoms. The van der Waals surface area contributed by atoms with E-state index in [4.69, 9.17) is 0 Å². The van der Waals surface area contributed by atoms with Gasteiger partial charge in [0, 0.05) is 31.7 Å². The molecular weight excluding hydrogens is 382 g/mol. The highest BCUT2D eigenvalue weighted by molar-refractivity contribution is 5.82. The molecule has 2 aromatic rings. The van der Waals surface area contributed by atoms with Gasteiger partial charge in [-0.3, -0.25) is 4.79 Å². The van der Waals surface area contributed by atoms with Crippen LogP contribution in [0.5, 0.6) is 0 Å². The fraction of sp³-hybridized carbons (Fsp3) is 0.519. The van der Waals surface area contributed by atoms with Gasteiger partial charge in [0.05, 0.1) is 6.04 Å². The van der Waals surface area contributed by atoms with Gasteiger partial charge in [0.2, 0.25) is 5.91 Å². The second-order valence-electron chi connectivity index (χ2n) is 9.80. The third-order valence-corrected chi connectivity index (χ3v) is 7.58. The molecule has 2 aliphatic carbocycles. The summed E-state index contributed by atoms with van der Waals surface area (Å²) in [6.07, 6.45) is 8.77. The number of carbonyl (C=O) groups excluding carboxylic acids is 1. The second-order valence-corrected chi connectivity index (χ2v) is 9.80. The van der Waals surface area contributed by atoms with Gasteiger partial charge >= 0.3 is 0 Å². The predicted molar refractivity (Wildman–Crippen MR) is 127 cm³/mol. The predicted octanol–water partition coefficient (Wildman–Crippen LogP) is 3.95. The van der Waals surface area contributed by atoms with E-state index in [2.05, 4.69) is 66.0 Å². The van der Waals surface area contributed by atoms with Crippen LogP contribution >= 0.6 is 0 Å². The van der Waals surface area contributed by atoms with Crippen molar-refractivity contribution in [3.8, 4) is 0 Å². The largest absolute Gasteiger partial charge is 0.378 e. The number of fused-ring (bicyclic) bond motifs is 2. The first kappa shape index (κ1) is 20.6. The van der Waals surface area contributed by atoms with Crippen LogP contribution in [0.25, 0.3) is 0 Å². The fourth-order valence-corrected chi connectivity index (χ4v) is 5.86. The summed E-state index contributed by atoms with van der Waals surface area (Å²) in [6.45, 7) is 0.964. The Balaban J connectivity index is 1.43. The molecule has 0 aromatic heterocycles. The minimum atomic E-state index is 0.00585. The Kier molecular flexibility index (Phi) is 5.75. The Morgan fingerprint density at radius 3 is 2.71 bits per heavy atom. The molecule has 4 heteroatoms. The zero-order valence-electron chi connectivity index (χ0n) is 18.9. The van der Waals surface area contributed by atoms with Crippen LogP contribution in [0.4, 0.5) is 5.69 Å². The fourth-order valence-electron chi connectivity index (χ4n) is 5.86. The lowest BCUT2D eigenvalue weighted by Gasteiger charge is -2.33. The van der Waals surface area contributed by atoms with Crippen molar-refractivity contribution < 1.29 is 4.79 Å². The van der Waals surface area contributed by atoms with Gasteiger partial charge in [-0.25, -0.2) is 0 Å². The smallest absolute Gasteiger partial charge is 0.237 e. The average molecular weight is 418 g/mol. The Morgan fingerprint density at radius 1 is 1.00 bits per heavy atom. The molecule has 3 aliphatic rings. The summed E-state index contributed by atoms with van der Waals surface area (Å²) in [5.41, 5.74) is 8.76. The first-order valence-electron chi connectivity index (χ1n) is 12.0. The first-order valence-corrected chi connectivity index (χ1v) is 12.0. The van der Waals surface area contributed by atoms with Crippen molar-refractivity contribution in [3.63, 3.8) is 0 Å². The van der Waals surface area contributed by atoms with Crippen molar-refractivity contribution in [2.75, 3.05) is 25.5 Å².